The van der Waals surface area contributed by atoms with Gasteiger partial charge in [0.2, 0.25) is 11.7 Å². The highest BCUT2D eigenvalue weighted by molar-refractivity contribution is 5.80. The van der Waals surface area contributed by atoms with Gasteiger partial charge in [-0.1, -0.05) is 0 Å². The molecule has 0 unspecified atom stereocenters. The second kappa shape index (κ2) is 5.89. The first kappa shape index (κ1) is 14.3. The first-order valence-corrected chi connectivity index (χ1v) is 6.66. The van der Waals surface area contributed by atoms with Crippen molar-refractivity contribution in [2.75, 3.05) is 25.0 Å². The molecular formula is C12H19N5O3. The molecule has 0 spiro atoms. The lowest BCUT2D eigenvalue weighted by molar-refractivity contribution is -0.130. The van der Waals surface area contributed by atoms with Crippen LogP contribution in [0.5, 0.6) is 0 Å². The van der Waals surface area contributed by atoms with Gasteiger partial charge in [-0.3, -0.25) is 14.2 Å². The van der Waals surface area contributed by atoms with Crippen LogP contribution < -0.4 is 16.6 Å². The Hall–Kier alpha value is -2.12. The van der Waals surface area contributed by atoms with E-state index in [2.05, 4.69) is 10.4 Å². The molecule has 110 valence electrons. The van der Waals surface area contributed by atoms with Crippen LogP contribution in [0.3, 0.4) is 0 Å². The highest BCUT2D eigenvalue weighted by atomic mass is 16.2. The number of rotatable bonds is 3. The van der Waals surface area contributed by atoms with Gasteiger partial charge in [0.1, 0.15) is 0 Å². The maximum Gasteiger partial charge on any atom is 0.346 e. The number of carbonyl (C=O) groups is 1. The highest BCUT2D eigenvalue weighted by Crippen LogP contribution is 2.08. The van der Waals surface area contributed by atoms with E-state index in [1.807, 2.05) is 0 Å². The van der Waals surface area contributed by atoms with Crippen LogP contribution in [-0.2, 0) is 18.9 Å². The van der Waals surface area contributed by atoms with E-state index in [0.29, 0.717) is 0 Å². The molecule has 1 amide bonds. The number of piperidine rings is 1. The summed E-state index contributed by atoms with van der Waals surface area (Å²) in [5, 5.41) is 6.56. The van der Waals surface area contributed by atoms with Crippen molar-refractivity contribution >= 4 is 11.7 Å². The fourth-order valence-corrected chi connectivity index (χ4v) is 2.22. The van der Waals surface area contributed by atoms with E-state index in [1.165, 1.54) is 14.1 Å². The number of carbonyl (C=O) groups excluding carboxylic acids is 1. The number of anilines is 1. The van der Waals surface area contributed by atoms with Crippen LogP contribution in [0.4, 0.5) is 5.82 Å². The van der Waals surface area contributed by atoms with Gasteiger partial charge in [-0.2, -0.15) is 0 Å². The van der Waals surface area contributed by atoms with Crippen LogP contribution >= 0.6 is 0 Å². The van der Waals surface area contributed by atoms with Gasteiger partial charge in [0.25, 0.3) is 5.56 Å². The highest BCUT2D eigenvalue weighted by Gasteiger charge is 2.17. The van der Waals surface area contributed by atoms with E-state index in [4.69, 9.17) is 0 Å². The molecule has 1 aromatic rings. The summed E-state index contributed by atoms with van der Waals surface area (Å²) >= 11 is 0. The summed E-state index contributed by atoms with van der Waals surface area (Å²) in [6.45, 7) is 1.54. The SMILES string of the molecule is Cn1nc(NCC(=O)N2CCCCC2)c(=O)n(C)c1=O. The minimum Gasteiger partial charge on any atom is -0.355 e. The summed E-state index contributed by atoms with van der Waals surface area (Å²) in [4.78, 5) is 37.1. The first-order chi connectivity index (χ1) is 9.50. The number of nitrogens with zero attached hydrogens (tertiary/aromatic N) is 4. The molecule has 0 bridgehead atoms. The molecule has 0 saturated carbocycles. The summed E-state index contributed by atoms with van der Waals surface area (Å²) in [7, 11) is 2.84. The summed E-state index contributed by atoms with van der Waals surface area (Å²) in [5.41, 5.74) is -1.03. The molecule has 1 saturated heterocycles. The second-order valence-corrected chi connectivity index (χ2v) is 4.91. The smallest absolute Gasteiger partial charge is 0.346 e. The topological polar surface area (TPSA) is 89.2 Å². The van der Waals surface area contributed by atoms with Gasteiger partial charge in [-0.15, -0.1) is 5.10 Å². The predicted octanol–water partition coefficient (Wildman–Crippen LogP) is -1.10. The van der Waals surface area contributed by atoms with E-state index >= 15 is 0 Å². The Labute approximate surface area is 116 Å². The molecule has 1 aliphatic heterocycles. The first-order valence-electron chi connectivity index (χ1n) is 6.66. The largest absolute Gasteiger partial charge is 0.355 e. The number of amides is 1. The van der Waals surface area contributed by atoms with Crippen molar-refractivity contribution in [2.45, 2.75) is 19.3 Å². The maximum atomic E-state index is 12.0. The van der Waals surface area contributed by atoms with E-state index in [9.17, 15) is 14.4 Å². The average Bonchev–Trinajstić information content (AvgIpc) is 2.48. The van der Waals surface area contributed by atoms with Gasteiger partial charge < -0.3 is 10.2 Å². The van der Waals surface area contributed by atoms with E-state index in [-0.39, 0.29) is 18.3 Å². The fourth-order valence-electron chi connectivity index (χ4n) is 2.22. The summed E-state index contributed by atoms with van der Waals surface area (Å²) in [5.74, 6) is -0.0395. The van der Waals surface area contributed by atoms with E-state index < -0.39 is 11.2 Å². The lowest BCUT2D eigenvalue weighted by Crippen LogP contribution is -2.42. The third-order valence-electron chi connectivity index (χ3n) is 3.44. The Morgan fingerprint density at radius 3 is 2.50 bits per heavy atom. The fraction of sp³-hybridized carbons (Fsp3) is 0.667. The minimum absolute atomic E-state index is 0.0139. The average molecular weight is 281 g/mol. The van der Waals surface area contributed by atoms with Crippen LogP contribution in [0, 0.1) is 0 Å². The standard InChI is InChI=1S/C12H19N5O3/c1-15-11(19)10(14-16(2)12(15)20)13-8-9(18)17-6-4-3-5-7-17/h3-8H2,1-2H3,(H,13,14). The molecule has 1 N–H and O–H groups in total. The van der Waals surface area contributed by atoms with Crippen molar-refractivity contribution in [3.63, 3.8) is 0 Å². The zero-order chi connectivity index (χ0) is 14.7. The third kappa shape index (κ3) is 2.89. The molecule has 0 aromatic carbocycles. The van der Waals surface area contributed by atoms with Gasteiger partial charge >= 0.3 is 5.69 Å². The zero-order valence-electron chi connectivity index (χ0n) is 11.8. The molecule has 0 radical (unpaired) electrons. The normalized spacial score (nSPS) is 15.2. The molecule has 2 heterocycles. The Bertz CT molecular complexity index is 612. The van der Waals surface area contributed by atoms with Gasteiger partial charge in [0.15, 0.2) is 0 Å². The number of nitrogens with one attached hydrogen (secondary N) is 1. The van der Waals surface area contributed by atoms with E-state index in [1.54, 1.807) is 4.90 Å². The molecule has 0 aliphatic carbocycles. The van der Waals surface area contributed by atoms with Gasteiger partial charge in [0.05, 0.1) is 6.54 Å². The van der Waals surface area contributed by atoms with Crippen molar-refractivity contribution in [2.24, 2.45) is 14.1 Å². The molecule has 1 aliphatic rings. The van der Waals surface area contributed by atoms with Crippen molar-refractivity contribution in [1.82, 2.24) is 19.2 Å². The molecule has 8 nitrogen and oxygen atoms in total. The third-order valence-corrected chi connectivity index (χ3v) is 3.44. The Morgan fingerprint density at radius 2 is 1.85 bits per heavy atom. The van der Waals surface area contributed by atoms with Crippen LogP contribution in [0.15, 0.2) is 9.59 Å². The van der Waals surface area contributed by atoms with Crippen LogP contribution in [-0.4, -0.2) is 44.8 Å². The van der Waals surface area contributed by atoms with Crippen LogP contribution in [0.25, 0.3) is 0 Å². The Kier molecular flexibility index (Phi) is 4.21. The van der Waals surface area contributed by atoms with Crippen LogP contribution in [0.1, 0.15) is 19.3 Å². The van der Waals surface area contributed by atoms with Crippen molar-refractivity contribution in [1.29, 1.82) is 0 Å². The Balaban J connectivity index is 2.06. The van der Waals surface area contributed by atoms with Gasteiger partial charge in [0, 0.05) is 27.2 Å². The Morgan fingerprint density at radius 1 is 1.20 bits per heavy atom. The quantitative estimate of drug-likeness (QED) is 0.760. The minimum atomic E-state index is -0.528. The van der Waals surface area contributed by atoms with Crippen molar-refractivity contribution < 1.29 is 4.79 Å². The summed E-state index contributed by atoms with van der Waals surface area (Å²) in [6.07, 6.45) is 3.19. The molecule has 0 atom stereocenters. The van der Waals surface area contributed by atoms with Crippen molar-refractivity contribution in [3.8, 4) is 0 Å². The number of likely N-dealkylation sites (tertiary alicyclic amines) is 1. The van der Waals surface area contributed by atoms with Gasteiger partial charge in [-0.05, 0) is 19.3 Å². The number of hydrogen-bond acceptors (Lipinski definition) is 5. The molecule has 1 aromatic heterocycles. The number of aromatic nitrogens is 3. The predicted molar refractivity (Wildman–Crippen MR) is 73.6 cm³/mol. The lowest BCUT2D eigenvalue weighted by Gasteiger charge is -2.26. The number of aryl methyl sites for hydroxylation is 1. The second-order valence-electron chi connectivity index (χ2n) is 4.91. The summed E-state index contributed by atoms with van der Waals surface area (Å²) < 4.78 is 2.02. The monoisotopic (exact) mass is 281 g/mol. The van der Waals surface area contributed by atoms with Crippen LogP contribution in [0.2, 0.25) is 0 Å². The molecular weight excluding hydrogens is 262 g/mol. The molecule has 20 heavy (non-hydrogen) atoms. The molecule has 1 fully saturated rings. The number of hydrogen-bond donors (Lipinski definition) is 1. The summed E-state index contributed by atoms with van der Waals surface area (Å²) in [6, 6.07) is 0. The van der Waals surface area contributed by atoms with Crippen molar-refractivity contribution in [3.05, 3.63) is 20.8 Å². The molecule has 8 heteroatoms. The lowest BCUT2D eigenvalue weighted by atomic mass is 10.1. The zero-order valence-corrected chi connectivity index (χ0v) is 11.8. The van der Waals surface area contributed by atoms with Gasteiger partial charge in [-0.25, -0.2) is 9.48 Å². The maximum absolute atomic E-state index is 12.0. The van der Waals surface area contributed by atoms with E-state index in [0.717, 1.165) is 41.6 Å². The molecule has 2 rings (SSSR count).